The summed E-state index contributed by atoms with van der Waals surface area (Å²) in [6.45, 7) is 0.438. The topological polar surface area (TPSA) is 41.5 Å². The predicted molar refractivity (Wildman–Crippen MR) is 53.4 cm³/mol. The Morgan fingerprint density at radius 3 is 2.85 bits per heavy atom. The van der Waals surface area contributed by atoms with Gasteiger partial charge in [0.15, 0.2) is 0 Å². The van der Waals surface area contributed by atoms with Gasteiger partial charge in [-0.3, -0.25) is 0 Å². The van der Waals surface area contributed by atoms with Gasteiger partial charge in [-0.1, -0.05) is 12.1 Å². The summed E-state index contributed by atoms with van der Waals surface area (Å²) in [7, 11) is 1.64. The molecule has 1 aromatic carbocycles. The van der Waals surface area contributed by atoms with Gasteiger partial charge in [-0.2, -0.15) is 0 Å². The fourth-order valence-electron chi connectivity index (χ4n) is 1.18. The van der Waals surface area contributed by atoms with Crippen LogP contribution in [0.5, 0.6) is 5.75 Å². The molecule has 0 aliphatic rings. The first-order valence-electron chi connectivity index (χ1n) is 3.90. The van der Waals surface area contributed by atoms with Crippen LogP contribution in [0.2, 0.25) is 0 Å². The van der Waals surface area contributed by atoms with Crippen LogP contribution in [0.15, 0.2) is 23.1 Å². The fourth-order valence-corrected chi connectivity index (χ4v) is 1.93. The summed E-state index contributed by atoms with van der Waals surface area (Å²) in [5, 5.41) is 8.60. The average Bonchev–Trinajstić information content (AvgIpc) is 2.18. The fraction of sp³-hybridized carbons (Fsp3) is 0.333. The standard InChI is InChI=1S/C9H13NO2S/c1-12-8-5-3-4-7(6-10-11)9(8)13-2/h3-5,10-11H,6H2,1-2H3. The SMILES string of the molecule is COc1cccc(CNO)c1SC. The molecule has 0 spiro atoms. The van der Waals surface area contributed by atoms with Gasteiger partial charge in [0.1, 0.15) is 5.75 Å². The molecule has 0 atom stereocenters. The number of hydrogen-bond acceptors (Lipinski definition) is 4. The lowest BCUT2D eigenvalue weighted by Crippen LogP contribution is -2.07. The van der Waals surface area contributed by atoms with E-state index in [1.165, 1.54) is 0 Å². The first kappa shape index (κ1) is 10.4. The molecule has 0 saturated carbocycles. The molecular formula is C9H13NO2S. The second kappa shape index (κ2) is 5.11. The van der Waals surface area contributed by atoms with Crippen LogP contribution in [-0.4, -0.2) is 18.6 Å². The van der Waals surface area contributed by atoms with Crippen LogP contribution in [0.25, 0.3) is 0 Å². The van der Waals surface area contributed by atoms with Crippen molar-refractivity contribution in [3.05, 3.63) is 23.8 Å². The molecule has 1 rings (SSSR count). The summed E-state index contributed by atoms with van der Waals surface area (Å²) in [5.41, 5.74) is 3.18. The van der Waals surface area contributed by atoms with E-state index in [0.29, 0.717) is 6.54 Å². The van der Waals surface area contributed by atoms with Gasteiger partial charge in [-0.15, -0.1) is 11.8 Å². The first-order valence-corrected chi connectivity index (χ1v) is 5.12. The molecule has 0 bridgehead atoms. The van der Waals surface area contributed by atoms with E-state index in [1.807, 2.05) is 24.5 Å². The third-order valence-electron chi connectivity index (χ3n) is 1.75. The van der Waals surface area contributed by atoms with Gasteiger partial charge in [0.25, 0.3) is 0 Å². The molecule has 0 unspecified atom stereocenters. The summed E-state index contributed by atoms with van der Waals surface area (Å²) in [6, 6.07) is 5.77. The molecule has 2 N–H and O–H groups in total. The summed E-state index contributed by atoms with van der Waals surface area (Å²) in [4.78, 5) is 1.06. The Morgan fingerprint density at radius 1 is 1.54 bits per heavy atom. The lowest BCUT2D eigenvalue weighted by Gasteiger charge is -2.10. The van der Waals surface area contributed by atoms with Gasteiger partial charge in [-0.25, -0.2) is 5.48 Å². The van der Waals surface area contributed by atoms with Crippen molar-refractivity contribution in [1.29, 1.82) is 0 Å². The third kappa shape index (κ3) is 2.37. The molecule has 0 radical (unpaired) electrons. The number of rotatable bonds is 4. The smallest absolute Gasteiger partial charge is 0.132 e. The van der Waals surface area contributed by atoms with Crippen LogP contribution in [0.4, 0.5) is 0 Å². The monoisotopic (exact) mass is 199 g/mol. The van der Waals surface area contributed by atoms with Gasteiger partial charge >= 0.3 is 0 Å². The van der Waals surface area contributed by atoms with Gasteiger partial charge in [0.05, 0.1) is 12.0 Å². The molecule has 1 aromatic rings. The number of ether oxygens (including phenoxy) is 1. The summed E-state index contributed by atoms with van der Waals surface area (Å²) in [5.74, 6) is 0.847. The van der Waals surface area contributed by atoms with Gasteiger partial charge < -0.3 is 9.94 Å². The van der Waals surface area contributed by atoms with Crippen LogP contribution in [0, 0.1) is 0 Å². The zero-order valence-electron chi connectivity index (χ0n) is 7.70. The van der Waals surface area contributed by atoms with Crippen LogP contribution in [0.1, 0.15) is 5.56 Å². The van der Waals surface area contributed by atoms with E-state index in [1.54, 1.807) is 18.9 Å². The minimum atomic E-state index is 0.438. The molecule has 0 amide bonds. The van der Waals surface area contributed by atoms with E-state index in [2.05, 4.69) is 5.48 Å². The lowest BCUT2D eigenvalue weighted by atomic mass is 10.2. The summed E-state index contributed by atoms with van der Waals surface area (Å²) < 4.78 is 5.19. The predicted octanol–water partition coefficient (Wildman–Crippen LogP) is 1.90. The zero-order chi connectivity index (χ0) is 9.68. The van der Waals surface area contributed by atoms with Crippen molar-refractivity contribution >= 4 is 11.8 Å². The molecule has 13 heavy (non-hydrogen) atoms. The second-order valence-corrected chi connectivity index (χ2v) is 3.30. The Labute approximate surface area is 82.1 Å². The number of benzene rings is 1. The van der Waals surface area contributed by atoms with E-state index in [-0.39, 0.29) is 0 Å². The molecule has 72 valence electrons. The molecule has 0 aliphatic heterocycles. The highest BCUT2D eigenvalue weighted by atomic mass is 32.2. The van der Waals surface area contributed by atoms with Gasteiger partial charge in [0.2, 0.25) is 0 Å². The van der Waals surface area contributed by atoms with E-state index in [4.69, 9.17) is 9.94 Å². The Bertz CT molecular complexity index is 278. The summed E-state index contributed by atoms with van der Waals surface area (Å²) >= 11 is 1.61. The molecule has 0 saturated heterocycles. The molecule has 3 nitrogen and oxygen atoms in total. The highest BCUT2D eigenvalue weighted by Gasteiger charge is 2.06. The maximum absolute atomic E-state index is 8.60. The van der Waals surface area contributed by atoms with Crippen LogP contribution < -0.4 is 10.2 Å². The highest BCUT2D eigenvalue weighted by Crippen LogP contribution is 2.30. The molecule has 4 heteroatoms. The minimum absolute atomic E-state index is 0.438. The van der Waals surface area contributed by atoms with Gasteiger partial charge in [-0.05, 0) is 17.9 Å². The summed E-state index contributed by atoms with van der Waals surface area (Å²) in [6.07, 6.45) is 1.98. The third-order valence-corrected chi connectivity index (χ3v) is 2.63. The van der Waals surface area contributed by atoms with Crippen molar-refractivity contribution in [2.24, 2.45) is 0 Å². The molecule has 0 heterocycles. The number of methoxy groups -OCH3 is 1. The van der Waals surface area contributed by atoms with Crippen molar-refractivity contribution < 1.29 is 9.94 Å². The number of nitrogens with one attached hydrogen (secondary N) is 1. The van der Waals surface area contributed by atoms with Crippen molar-refractivity contribution in [3.63, 3.8) is 0 Å². The van der Waals surface area contributed by atoms with Crippen LogP contribution >= 0.6 is 11.8 Å². The number of hydroxylamine groups is 1. The maximum atomic E-state index is 8.60. The lowest BCUT2D eigenvalue weighted by molar-refractivity contribution is 0.160. The Balaban J connectivity index is 3.03. The normalized spacial score (nSPS) is 10.1. The second-order valence-electron chi connectivity index (χ2n) is 2.49. The Morgan fingerprint density at radius 2 is 2.31 bits per heavy atom. The maximum Gasteiger partial charge on any atom is 0.132 e. The minimum Gasteiger partial charge on any atom is -0.496 e. The Kier molecular flexibility index (Phi) is 4.08. The largest absolute Gasteiger partial charge is 0.496 e. The van der Waals surface area contributed by atoms with Crippen molar-refractivity contribution in [3.8, 4) is 5.75 Å². The van der Waals surface area contributed by atoms with Crippen molar-refractivity contribution in [1.82, 2.24) is 5.48 Å². The van der Waals surface area contributed by atoms with E-state index < -0.39 is 0 Å². The molecule has 0 aliphatic carbocycles. The highest BCUT2D eigenvalue weighted by molar-refractivity contribution is 7.98. The molecule has 0 aromatic heterocycles. The zero-order valence-corrected chi connectivity index (χ0v) is 8.52. The van der Waals surface area contributed by atoms with Crippen molar-refractivity contribution in [2.45, 2.75) is 11.4 Å². The average molecular weight is 199 g/mol. The van der Waals surface area contributed by atoms with Gasteiger partial charge in [0, 0.05) is 6.54 Å². The quantitative estimate of drug-likeness (QED) is 0.574. The molecular weight excluding hydrogens is 186 g/mol. The van der Waals surface area contributed by atoms with Crippen LogP contribution in [-0.2, 0) is 6.54 Å². The van der Waals surface area contributed by atoms with Crippen LogP contribution in [0.3, 0.4) is 0 Å². The Hall–Kier alpha value is -0.710. The number of hydrogen-bond donors (Lipinski definition) is 2. The number of thioether (sulfide) groups is 1. The molecule has 0 fully saturated rings. The van der Waals surface area contributed by atoms with E-state index in [9.17, 15) is 0 Å². The first-order chi connectivity index (χ1) is 6.33. The van der Waals surface area contributed by atoms with E-state index in [0.717, 1.165) is 16.2 Å². The van der Waals surface area contributed by atoms with E-state index >= 15 is 0 Å². The van der Waals surface area contributed by atoms with Crippen molar-refractivity contribution in [2.75, 3.05) is 13.4 Å².